The largest absolute Gasteiger partial charge is 0.454 e. The van der Waals surface area contributed by atoms with Crippen molar-refractivity contribution in [1.82, 2.24) is 8.75 Å². The molecule has 1 aromatic heterocycles. The molecule has 11 heteroatoms. The normalized spacial score (nSPS) is 19.2. The third-order valence-electron chi connectivity index (χ3n) is 6.19. The van der Waals surface area contributed by atoms with Crippen LogP contribution in [-0.4, -0.2) is 41.3 Å². The number of carbonyl (C=O) groups excluding carboxylic acids is 1. The van der Waals surface area contributed by atoms with Crippen LogP contribution in [0.5, 0.6) is 11.5 Å². The van der Waals surface area contributed by atoms with Gasteiger partial charge >= 0.3 is 5.97 Å². The van der Waals surface area contributed by atoms with Crippen molar-refractivity contribution in [2.75, 3.05) is 13.0 Å². The summed E-state index contributed by atoms with van der Waals surface area (Å²) in [5.74, 6) is -1.73. The minimum Gasteiger partial charge on any atom is -0.454 e. The molecule has 0 spiro atoms. The Morgan fingerprint density at radius 2 is 1.72 bits per heavy atom. The molecule has 2 aliphatic heterocycles. The molecule has 0 aliphatic carbocycles. The van der Waals surface area contributed by atoms with Crippen LogP contribution >= 0.6 is 11.7 Å². The molecule has 1 unspecified atom stereocenters. The van der Waals surface area contributed by atoms with Crippen molar-refractivity contribution in [3.8, 4) is 11.5 Å². The van der Waals surface area contributed by atoms with Gasteiger partial charge in [-0.3, -0.25) is 0 Å². The van der Waals surface area contributed by atoms with E-state index >= 15 is 0 Å². The van der Waals surface area contributed by atoms with Crippen LogP contribution in [0.4, 0.5) is 0 Å². The first-order valence-electron chi connectivity index (χ1n) is 10.8. The number of carbonyl (C=O) groups is 1. The quantitative estimate of drug-likeness (QED) is 0.393. The highest BCUT2D eigenvalue weighted by Crippen LogP contribution is 2.46. The first kappa shape index (κ1) is 22.7. The van der Waals surface area contributed by atoms with Gasteiger partial charge in [0.05, 0.1) is 22.2 Å². The number of hydrogen-bond donors (Lipinski definition) is 1. The Labute approximate surface area is 209 Å². The number of rotatable bonds is 5. The Morgan fingerprint density at radius 3 is 2.50 bits per heavy atom. The Kier molecular flexibility index (Phi) is 5.11. The molecule has 3 heterocycles. The van der Waals surface area contributed by atoms with E-state index in [-0.39, 0.29) is 23.7 Å². The molecule has 36 heavy (non-hydrogen) atoms. The Morgan fingerprint density at radius 1 is 0.972 bits per heavy atom. The van der Waals surface area contributed by atoms with E-state index < -0.39 is 21.6 Å². The number of aromatic nitrogens is 2. The van der Waals surface area contributed by atoms with E-state index in [0.717, 1.165) is 18.0 Å². The Hall–Kier alpha value is -3.80. The maximum absolute atomic E-state index is 13.2. The zero-order valence-corrected chi connectivity index (χ0v) is 20.4. The summed E-state index contributed by atoms with van der Waals surface area (Å²) in [4.78, 5) is 13.4. The van der Waals surface area contributed by atoms with Gasteiger partial charge in [0.1, 0.15) is 11.0 Å². The number of ether oxygens (including phenoxy) is 3. The van der Waals surface area contributed by atoms with Gasteiger partial charge in [-0.1, -0.05) is 18.2 Å². The summed E-state index contributed by atoms with van der Waals surface area (Å²) in [5, 5.41) is 11.9. The average Bonchev–Trinajstić information content (AvgIpc) is 3.56. The van der Waals surface area contributed by atoms with Crippen LogP contribution in [0.2, 0.25) is 0 Å². The van der Waals surface area contributed by atoms with Crippen molar-refractivity contribution in [3.05, 3.63) is 82.9 Å². The van der Waals surface area contributed by atoms with Gasteiger partial charge in [0.25, 0.3) is 5.79 Å². The zero-order valence-electron chi connectivity index (χ0n) is 18.8. The number of hydrogen-bond acceptors (Lipinski definition) is 10. The van der Waals surface area contributed by atoms with Crippen LogP contribution in [0.25, 0.3) is 16.6 Å². The summed E-state index contributed by atoms with van der Waals surface area (Å²) >= 11 is 1.04. The zero-order chi connectivity index (χ0) is 25.1. The Balaban J connectivity index is 1.51. The highest BCUT2D eigenvalue weighted by atomic mass is 32.2. The molecule has 1 atom stereocenters. The maximum atomic E-state index is 13.2. The van der Waals surface area contributed by atoms with E-state index in [1.54, 1.807) is 48.5 Å². The number of nitrogens with zero attached hydrogens (tertiary/aromatic N) is 2. The molecule has 6 rings (SSSR count). The number of esters is 1. The van der Waals surface area contributed by atoms with Gasteiger partial charge in [-0.05, 0) is 53.6 Å². The third-order valence-corrected chi connectivity index (χ3v) is 7.88. The summed E-state index contributed by atoms with van der Waals surface area (Å²) in [6.07, 6.45) is 1.25. The van der Waals surface area contributed by atoms with Crippen molar-refractivity contribution in [2.45, 2.75) is 17.1 Å². The van der Waals surface area contributed by atoms with Crippen molar-refractivity contribution < 1.29 is 32.5 Å². The molecular weight excluding hydrogens is 504 g/mol. The molecule has 4 aromatic rings. The van der Waals surface area contributed by atoms with Gasteiger partial charge in [-0.2, -0.15) is 8.75 Å². The van der Waals surface area contributed by atoms with E-state index in [1.165, 1.54) is 12.1 Å². The van der Waals surface area contributed by atoms with Crippen LogP contribution in [0.15, 0.2) is 71.1 Å². The lowest BCUT2D eigenvalue weighted by molar-refractivity contribution is -0.185. The number of fused-ring (bicyclic) bond motifs is 2. The predicted octanol–water partition coefficient (Wildman–Crippen LogP) is 3.22. The lowest BCUT2D eigenvalue weighted by Gasteiger charge is -2.25. The minimum atomic E-state index is -3.37. The van der Waals surface area contributed by atoms with Gasteiger partial charge in [-0.15, -0.1) is 0 Å². The van der Waals surface area contributed by atoms with E-state index in [2.05, 4.69) is 8.75 Å². The van der Waals surface area contributed by atoms with Gasteiger partial charge in [0, 0.05) is 23.8 Å². The van der Waals surface area contributed by atoms with Crippen LogP contribution in [0.3, 0.4) is 0 Å². The first-order valence-corrected chi connectivity index (χ1v) is 13.5. The predicted molar refractivity (Wildman–Crippen MR) is 130 cm³/mol. The fourth-order valence-corrected chi connectivity index (χ4v) is 5.52. The number of aliphatic hydroxyl groups is 1. The van der Waals surface area contributed by atoms with E-state index in [4.69, 9.17) is 14.2 Å². The van der Waals surface area contributed by atoms with Crippen LogP contribution < -0.4 is 9.47 Å². The molecule has 0 fully saturated rings. The smallest absolute Gasteiger partial charge is 0.342 e. The second kappa shape index (κ2) is 8.12. The van der Waals surface area contributed by atoms with Crippen molar-refractivity contribution >= 4 is 44.1 Å². The van der Waals surface area contributed by atoms with Crippen LogP contribution in [0, 0.1) is 0 Å². The van der Waals surface area contributed by atoms with Gasteiger partial charge < -0.3 is 19.3 Å². The molecule has 0 amide bonds. The second-order valence-corrected chi connectivity index (χ2v) is 11.1. The van der Waals surface area contributed by atoms with Crippen molar-refractivity contribution in [1.29, 1.82) is 0 Å². The molecule has 0 radical (unpaired) electrons. The van der Waals surface area contributed by atoms with Crippen molar-refractivity contribution in [3.63, 3.8) is 0 Å². The van der Waals surface area contributed by atoms with Gasteiger partial charge in [-0.25, -0.2) is 13.2 Å². The minimum absolute atomic E-state index is 0.0768. The SMILES string of the molecule is CS(=O)(=O)c1ccc(CC2=C(c3ccc4c(c3)OCO4)C(=O)OC2(O)c2ccc3nsnc3c2)cc1. The molecule has 0 saturated carbocycles. The molecule has 9 nitrogen and oxygen atoms in total. The van der Waals surface area contributed by atoms with E-state index in [9.17, 15) is 18.3 Å². The summed E-state index contributed by atoms with van der Waals surface area (Å²) in [7, 11) is -3.37. The summed E-state index contributed by atoms with van der Waals surface area (Å²) in [6.45, 7) is 0.0768. The summed E-state index contributed by atoms with van der Waals surface area (Å²) in [5.41, 5.74) is 3.24. The number of cyclic esters (lactones) is 1. The van der Waals surface area contributed by atoms with Crippen molar-refractivity contribution in [2.24, 2.45) is 0 Å². The lowest BCUT2D eigenvalue weighted by atomic mass is 9.88. The maximum Gasteiger partial charge on any atom is 0.342 e. The topological polar surface area (TPSA) is 125 Å². The third kappa shape index (κ3) is 3.72. The van der Waals surface area contributed by atoms with Crippen LogP contribution in [0.1, 0.15) is 16.7 Å². The van der Waals surface area contributed by atoms with E-state index in [1.807, 2.05) is 0 Å². The molecule has 2 aliphatic rings. The highest BCUT2D eigenvalue weighted by Gasteiger charge is 2.48. The number of benzene rings is 3. The van der Waals surface area contributed by atoms with Crippen LogP contribution in [-0.2, 0) is 31.6 Å². The second-order valence-electron chi connectivity index (χ2n) is 8.52. The average molecular weight is 523 g/mol. The molecule has 0 bridgehead atoms. The fraction of sp³-hybridized carbons (Fsp3) is 0.160. The van der Waals surface area contributed by atoms with Gasteiger partial charge in [0.2, 0.25) is 6.79 Å². The molecule has 0 saturated heterocycles. The Bertz CT molecular complexity index is 1680. The molecule has 182 valence electrons. The summed E-state index contributed by atoms with van der Waals surface area (Å²) < 4.78 is 48.7. The monoisotopic (exact) mass is 522 g/mol. The van der Waals surface area contributed by atoms with Gasteiger partial charge in [0.15, 0.2) is 21.3 Å². The molecule has 1 N–H and O–H groups in total. The lowest BCUT2D eigenvalue weighted by Crippen LogP contribution is -2.29. The standard InChI is InChI=1S/C25H18N2O7S2/c1-36(30,31)17-6-2-14(3-7-17)10-18-23(15-4-9-21-22(11-15)33-13-32-21)24(28)34-25(18,29)16-5-8-19-20(12-16)27-35-26-19/h2-9,11-12,29H,10,13H2,1H3. The first-order chi connectivity index (χ1) is 17.2. The fourth-order valence-electron chi connectivity index (χ4n) is 4.38. The molecular formula is C25H18N2O7S2. The highest BCUT2D eigenvalue weighted by molar-refractivity contribution is 7.90. The van der Waals surface area contributed by atoms with E-state index in [0.29, 0.717) is 44.8 Å². The summed E-state index contributed by atoms with van der Waals surface area (Å²) in [6, 6.07) is 16.4. The number of sulfone groups is 1. The molecule has 3 aromatic carbocycles.